The van der Waals surface area contributed by atoms with Crippen LogP contribution in [0.1, 0.15) is 34.1 Å². The first-order valence-corrected chi connectivity index (χ1v) is 11.4. The fourth-order valence-corrected chi connectivity index (χ4v) is 4.87. The normalized spacial score (nSPS) is 14.6. The van der Waals surface area contributed by atoms with Gasteiger partial charge in [-0.05, 0) is 54.8 Å². The zero-order valence-electron chi connectivity index (χ0n) is 15.4. The summed E-state index contributed by atoms with van der Waals surface area (Å²) in [5.74, 6) is 0. The van der Waals surface area contributed by atoms with Crippen molar-refractivity contribution >= 4 is 26.0 Å². The minimum atomic E-state index is -3.68. The first-order valence-electron chi connectivity index (χ1n) is 9.12. The van der Waals surface area contributed by atoms with Crippen molar-refractivity contribution in [3.05, 3.63) is 99.3 Å². The fourth-order valence-electron chi connectivity index (χ4n) is 3.40. The van der Waals surface area contributed by atoms with Crippen molar-refractivity contribution in [1.29, 1.82) is 0 Å². The second kappa shape index (κ2) is 7.70. The molecule has 2 N–H and O–H groups in total. The molecule has 0 saturated carbocycles. The van der Waals surface area contributed by atoms with Crippen molar-refractivity contribution in [2.24, 2.45) is 0 Å². The molecule has 0 fully saturated rings. The Balaban J connectivity index is 1.74. The van der Waals surface area contributed by atoms with Gasteiger partial charge in [-0.2, -0.15) is 4.72 Å². The highest BCUT2D eigenvalue weighted by Gasteiger charge is 2.25. The van der Waals surface area contributed by atoms with Crippen molar-refractivity contribution in [3.63, 3.8) is 0 Å². The molecular weight excluding hydrogens is 436 g/mol. The Morgan fingerprint density at radius 3 is 2.36 bits per heavy atom. The molecule has 1 aliphatic rings. The monoisotopic (exact) mass is 456 g/mol. The molecule has 0 spiro atoms. The quantitative estimate of drug-likeness (QED) is 0.541. The maximum atomic E-state index is 13.1. The van der Waals surface area contributed by atoms with Crippen LogP contribution < -0.4 is 4.72 Å². The van der Waals surface area contributed by atoms with Gasteiger partial charge in [0.15, 0.2) is 0 Å². The van der Waals surface area contributed by atoms with E-state index in [4.69, 9.17) is 0 Å². The second-order valence-corrected chi connectivity index (χ2v) is 9.66. The van der Waals surface area contributed by atoms with Crippen LogP contribution in [0.4, 0.5) is 0 Å². The lowest BCUT2D eigenvalue weighted by Gasteiger charge is -2.19. The van der Waals surface area contributed by atoms with Crippen molar-refractivity contribution < 1.29 is 8.42 Å². The van der Waals surface area contributed by atoms with Gasteiger partial charge in [0.05, 0.1) is 10.9 Å². The van der Waals surface area contributed by atoms with Gasteiger partial charge in [-0.3, -0.25) is 0 Å². The van der Waals surface area contributed by atoms with E-state index in [1.54, 1.807) is 12.1 Å². The Hall–Kier alpha value is -2.15. The highest BCUT2D eigenvalue weighted by atomic mass is 79.9. The van der Waals surface area contributed by atoms with Gasteiger partial charge in [-0.1, -0.05) is 57.9 Å². The molecular formula is C22H21BrN2O2S. The molecule has 0 saturated heterocycles. The number of allylic oxidation sites excluding steroid dienone is 2. The van der Waals surface area contributed by atoms with Gasteiger partial charge in [-0.25, -0.2) is 8.42 Å². The number of fused-ring (bicyclic) bond motifs is 1. The highest BCUT2D eigenvalue weighted by Crippen LogP contribution is 2.29. The molecule has 1 heterocycles. The predicted molar refractivity (Wildman–Crippen MR) is 115 cm³/mol. The minimum Gasteiger partial charge on any atom is -0.360 e. The third-order valence-electron chi connectivity index (χ3n) is 4.96. The molecule has 144 valence electrons. The van der Waals surface area contributed by atoms with Crippen LogP contribution in [0.2, 0.25) is 0 Å². The highest BCUT2D eigenvalue weighted by molar-refractivity contribution is 9.10. The van der Waals surface area contributed by atoms with Crippen molar-refractivity contribution in [2.45, 2.75) is 30.7 Å². The SMILES string of the molecule is Cc1ccc(S(=O)(=O)N[C@H](c2ccc(Br)cc2)c2cc3c([nH]2)CC=CC3)cc1. The van der Waals surface area contributed by atoms with Crippen LogP contribution in [0.3, 0.4) is 0 Å². The molecule has 4 rings (SSSR count). The van der Waals surface area contributed by atoms with Crippen LogP contribution in [0.15, 0.2) is 76.1 Å². The largest absolute Gasteiger partial charge is 0.360 e. The van der Waals surface area contributed by atoms with Crippen LogP contribution in [-0.4, -0.2) is 13.4 Å². The van der Waals surface area contributed by atoms with E-state index in [-0.39, 0.29) is 4.90 Å². The number of aryl methyl sites for hydroxylation is 1. The zero-order valence-corrected chi connectivity index (χ0v) is 17.8. The molecule has 1 atom stereocenters. The molecule has 28 heavy (non-hydrogen) atoms. The molecule has 0 unspecified atom stereocenters. The van der Waals surface area contributed by atoms with Gasteiger partial charge in [0.1, 0.15) is 0 Å². The molecule has 0 radical (unpaired) electrons. The van der Waals surface area contributed by atoms with Crippen molar-refractivity contribution in [3.8, 4) is 0 Å². The number of aromatic nitrogens is 1. The minimum absolute atomic E-state index is 0.262. The van der Waals surface area contributed by atoms with Gasteiger partial charge in [0, 0.05) is 22.3 Å². The molecule has 1 aromatic heterocycles. The predicted octanol–water partition coefficient (Wildman–Crippen LogP) is 4.81. The summed E-state index contributed by atoms with van der Waals surface area (Å²) in [6.45, 7) is 1.94. The number of aromatic amines is 1. The molecule has 1 aliphatic carbocycles. The zero-order chi connectivity index (χ0) is 19.7. The van der Waals surface area contributed by atoms with E-state index in [2.05, 4.69) is 43.9 Å². The van der Waals surface area contributed by atoms with Crippen LogP contribution in [0, 0.1) is 6.92 Å². The van der Waals surface area contributed by atoms with Crippen LogP contribution >= 0.6 is 15.9 Å². The van der Waals surface area contributed by atoms with Crippen LogP contribution in [0.5, 0.6) is 0 Å². The number of rotatable bonds is 5. The topological polar surface area (TPSA) is 62.0 Å². The Kier molecular flexibility index (Phi) is 5.27. The van der Waals surface area contributed by atoms with E-state index >= 15 is 0 Å². The summed E-state index contributed by atoms with van der Waals surface area (Å²) in [7, 11) is -3.68. The number of nitrogens with one attached hydrogen (secondary N) is 2. The van der Waals surface area contributed by atoms with E-state index < -0.39 is 16.1 Å². The van der Waals surface area contributed by atoms with E-state index in [0.29, 0.717) is 0 Å². The Labute approximate surface area is 173 Å². The summed E-state index contributed by atoms with van der Waals surface area (Å²) in [6.07, 6.45) is 5.98. The smallest absolute Gasteiger partial charge is 0.241 e. The number of hydrogen-bond donors (Lipinski definition) is 2. The van der Waals surface area contributed by atoms with Crippen molar-refractivity contribution in [2.75, 3.05) is 0 Å². The molecule has 4 nitrogen and oxygen atoms in total. The maximum Gasteiger partial charge on any atom is 0.241 e. The van der Waals surface area contributed by atoms with Gasteiger partial charge in [0.25, 0.3) is 0 Å². The molecule has 0 bridgehead atoms. The van der Waals surface area contributed by atoms with Crippen molar-refractivity contribution in [1.82, 2.24) is 9.71 Å². The first-order chi connectivity index (χ1) is 13.4. The maximum absolute atomic E-state index is 13.1. The summed E-state index contributed by atoms with van der Waals surface area (Å²) in [5, 5.41) is 0. The molecule has 6 heteroatoms. The number of H-pyrrole nitrogens is 1. The van der Waals surface area contributed by atoms with E-state index in [0.717, 1.165) is 39.8 Å². The summed E-state index contributed by atoms with van der Waals surface area (Å²) < 4.78 is 30.0. The van der Waals surface area contributed by atoms with Crippen LogP contribution in [0.25, 0.3) is 0 Å². The van der Waals surface area contributed by atoms with Crippen LogP contribution in [-0.2, 0) is 22.9 Å². The Morgan fingerprint density at radius 1 is 1.00 bits per heavy atom. The summed E-state index contributed by atoms with van der Waals surface area (Å²) in [5.41, 5.74) is 5.12. The van der Waals surface area contributed by atoms with E-state index in [9.17, 15) is 8.42 Å². The second-order valence-electron chi connectivity index (χ2n) is 7.03. The molecule has 3 aromatic rings. The number of halogens is 1. The number of hydrogen-bond acceptors (Lipinski definition) is 2. The van der Waals surface area contributed by atoms with E-state index in [1.807, 2.05) is 43.3 Å². The third kappa shape index (κ3) is 3.99. The standard InChI is InChI=1S/C22H21BrN2O2S/c1-15-6-12-19(13-7-15)28(26,27)25-22(16-8-10-18(23)11-9-16)21-14-17-4-2-3-5-20(17)24-21/h2-3,6-14,22,24-25H,4-5H2,1H3/t22-/m1/s1. The first kappa shape index (κ1) is 19.2. The van der Waals surface area contributed by atoms with Gasteiger partial charge in [-0.15, -0.1) is 0 Å². The molecule has 0 aliphatic heterocycles. The van der Waals surface area contributed by atoms with Gasteiger partial charge < -0.3 is 4.98 Å². The van der Waals surface area contributed by atoms with E-state index in [1.165, 1.54) is 5.56 Å². The summed E-state index contributed by atoms with van der Waals surface area (Å²) in [6, 6.07) is 16.2. The van der Waals surface area contributed by atoms with Gasteiger partial charge in [0.2, 0.25) is 10.0 Å². The summed E-state index contributed by atoms with van der Waals surface area (Å²) >= 11 is 3.45. The number of sulfonamides is 1. The Bertz CT molecular complexity index is 1090. The average Bonchev–Trinajstić information content (AvgIpc) is 3.11. The van der Waals surface area contributed by atoms with Gasteiger partial charge >= 0.3 is 0 Å². The molecule has 0 amide bonds. The third-order valence-corrected chi connectivity index (χ3v) is 6.93. The molecule has 2 aromatic carbocycles. The average molecular weight is 457 g/mol. The summed E-state index contributed by atoms with van der Waals surface area (Å²) in [4.78, 5) is 3.70. The fraction of sp³-hybridized carbons (Fsp3) is 0.182. The lowest BCUT2D eigenvalue weighted by molar-refractivity contribution is 0.570. The lowest BCUT2D eigenvalue weighted by atomic mass is 10.0. The lowest BCUT2D eigenvalue weighted by Crippen LogP contribution is -2.29. The Morgan fingerprint density at radius 2 is 1.68 bits per heavy atom. The number of benzene rings is 2.